The molecule has 2 aliphatic heterocycles. The molecule has 0 saturated carbocycles. The molecule has 0 saturated heterocycles. The van der Waals surface area contributed by atoms with E-state index in [0.29, 0.717) is 5.69 Å². The fourth-order valence-electron chi connectivity index (χ4n) is 3.39. The van der Waals surface area contributed by atoms with Gasteiger partial charge in [-0.05, 0) is 23.8 Å². The lowest BCUT2D eigenvalue weighted by Gasteiger charge is -2.27. The lowest BCUT2D eigenvalue weighted by molar-refractivity contribution is -0.130. The van der Waals surface area contributed by atoms with Gasteiger partial charge in [-0.1, -0.05) is 6.07 Å². The number of fused-ring (bicyclic) bond motifs is 2. The summed E-state index contributed by atoms with van der Waals surface area (Å²) in [6.45, 7) is 3.46. The Morgan fingerprint density at radius 3 is 2.89 bits per heavy atom. The fourth-order valence-corrected chi connectivity index (χ4v) is 3.39. The largest absolute Gasteiger partial charge is 0.454 e. The lowest BCUT2D eigenvalue weighted by Crippen LogP contribution is -2.33. The van der Waals surface area contributed by atoms with Gasteiger partial charge in [0.25, 0.3) is 0 Å². The number of rotatable bonds is 5. The normalized spacial score (nSPS) is 16.9. The molecule has 0 radical (unpaired) electrons. The predicted octanol–water partition coefficient (Wildman–Crippen LogP) is 1.14. The van der Waals surface area contributed by atoms with Crippen molar-refractivity contribution in [3.63, 3.8) is 0 Å². The zero-order chi connectivity index (χ0) is 19.0. The van der Waals surface area contributed by atoms with E-state index in [9.17, 15) is 9.90 Å². The van der Waals surface area contributed by atoms with Crippen LogP contribution in [0.15, 0.2) is 24.3 Å². The highest BCUT2D eigenvalue weighted by Crippen LogP contribution is 2.33. The van der Waals surface area contributed by atoms with Crippen LogP contribution in [0, 0.1) is 0 Å². The molecule has 144 valence electrons. The quantitative estimate of drug-likeness (QED) is 0.848. The summed E-state index contributed by atoms with van der Waals surface area (Å²) in [5, 5.41) is 14.8. The highest BCUT2D eigenvalue weighted by atomic mass is 16.7. The molecule has 1 atom stereocenters. The Morgan fingerprint density at radius 2 is 2.07 bits per heavy atom. The molecule has 0 unspecified atom stereocenters. The number of carbonyl (C=O) groups excluding carboxylic acids is 1. The highest BCUT2D eigenvalue weighted by molar-refractivity contribution is 5.76. The van der Waals surface area contributed by atoms with Crippen LogP contribution in [0.5, 0.6) is 11.5 Å². The Morgan fingerprint density at radius 1 is 1.26 bits per heavy atom. The zero-order valence-electron chi connectivity index (χ0n) is 15.6. The molecule has 0 bridgehead atoms. The smallest absolute Gasteiger partial charge is 0.231 e. The van der Waals surface area contributed by atoms with E-state index in [4.69, 9.17) is 9.47 Å². The van der Waals surface area contributed by atoms with Crippen molar-refractivity contribution in [1.82, 2.24) is 19.6 Å². The summed E-state index contributed by atoms with van der Waals surface area (Å²) < 4.78 is 12.7. The van der Waals surface area contributed by atoms with Crippen molar-refractivity contribution < 1.29 is 19.4 Å². The molecular formula is C19H24N4O4. The van der Waals surface area contributed by atoms with Gasteiger partial charge < -0.3 is 19.5 Å². The van der Waals surface area contributed by atoms with Crippen LogP contribution < -0.4 is 9.47 Å². The van der Waals surface area contributed by atoms with Gasteiger partial charge in [0.2, 0.25) is 12.7 Å². The Hall–Kier alpha value is -2.58. The predicted molar refractivity (Wildman–Crippen MR) is 97.2 cm³/mol. The fraction of sp³-hybridized carbons (Fsp3) is 0.474. The summed E-state index contributed by atoms with van der Waals surface area (Å²) in [4.78, 5) is 15.6. The minimum Gasteiger partial charge on any atom is -0.454 e. The van der Waals surface area contributed by atoms with Gasteiger partial charge in [-0.25, -0.2) is 0 Å². The van der Waals surface area contributed by atoms with Gasteiger partial charge in [0.05, 0.1) is 24.4 Å². The summed E-state index contributed by atoms with van der Waals surface area (Å²) in [6, 6.07) is 7.93. The second-order valence-electron chi connectivity index (χ2n) is 7.19. The number of carbonyl (C=O) groups is 1. The number of aromatic nitrogens is 2. The standard InChI is InChI=1S/C19H24N4O4/c1-21(2)19(25)9-16(24)15-8-14-11-22(5-6-23(14)20-15)10-13-3-4-17-18(7-13)27-12-26-17/h3-4,7-8,16,24H,5-6,9-12H2,1-2H3/t16-/m0/s1. The van der Waals surface area contributed by atoms with Crippen molar-refractivity contribution in [3.8, 4) is 11.5 Å². The van der Waals surface area contributed by atoms with Crippen LogP contribution in [0.1, 0.15) is 29.5 Å². The van der Waals surface area contributed by atoms with Crippen molar-refractivity contribution in [2.24, 2.45) is 0 Å². The number of benzene rings is 1. The third kappa shape index (κ3) is 3.77. The summed E-state index contributed by atoms with van der Waals surface area (Å²) in [5.74, 6) is 1.48. The lowest BCUT2D eigenvalue weighted by atomic mass is 10.1. The molecule has 0 fully saturated rings. The maximum atomic E-state index is 11.8. The first kappa shape index (κ1) is 17.8. The number of ether oxygens (including phenoxy) is 2. The van der Waals surface area contributed by atoms with Crippen molar-refractivity contribution in [2.45, 2.75) is 32.2 Å². The summed E-state index contributed by atoms with van der Waals surface area (Å²) in [5.41, 5.74) is 2.78. The second kappa shape index (κ2) is 7.21. The molecule has 3 heterocycles. The Bertz CT molecular complexity index is 848. The number of aliphatic hydroxyl groups is 1. The summed E-state index contributed by atoms with van der Waals surface area (Å²) in [7, 11) is 3.36. The van der Waals surface area contributed by atoms with E-state index in [2.05, 4.69) is 16.1 Å². The van der Waals surface area contributed by atoms with Gasteiger partial charge in [-0.3, -0.25) is 14.4 Å². The number of nitrogens with zero attached hydrogens (tertiary/aromatic N) is 4. The molecular weight excluding hydrogens is 348 g/mol. The maximum Gasteiger partial charge on any atom is 0.231 e. The average Bonchev–Trinajstić information content (AvgIpc) is 3.27. The molecule has 2 aliphatic rings. The van der Waals surface area contributed by atoms with Crippen molar-refractivity contribution >= 4 is 5.91 Å². The first-order chi connectivity index (χ1) is 13.0. The molecule has 1 aromatic heterocycles. The molecule has 1 aromatic carbocycles. The first-order valence-corrected chi connectivity index (χ1v) is 9.05. The van der Waals surface area contributed by atoms with Crippen LogP contribution >= 0.6 is 0 Å². The topological polar surface area (TPSA) is 80.1 Å². The van der Waals surface area contributed by atoms with Gasteiger partial charge in [-0.15, -0.1) is 0 Å². The number of amides is 1. The van der Waals surface area contributed by atoms with E-state index in [0.717, 1.165) is 43.4 Å². The number of hydrogen-bond acceptors (Lipinski definition) is 6. The van der Waals surface area contributed by atoms with E-state index < -0.39 is 6.10 Å². The minimum atomic E-state index is -0.875. The number of aliphatic hydroxyl groups excluding tert-OH is 1. The third-order valence-electron chi connectivity index (χ3n) is 4.95. The monoisotopic (exact) mass is 372 g/mol. The van der Waals surface area contributed by atoms with Crippen LogP contribution in [0.4, 0.5) is 0 Å². The highest BCUT2D eigenvalue weighted by Gasteiger charge is 2.23. The van der Waals surface area contributed by atoms with Crippen LogP contribution in [0.2, 0.25) is 0 Å². The van der Waals surface area contributed by atoms with Crippen LogP contribution in [-0.2, 0) is 24.4 Å². The molecule has 4 rings (SSSR count). The van der Waals surface area contributed by atoms with E-state index in [1.165, 1.54) is 10.5 Å². The van der Waals surface area contributed by atoms with E-state index >= 15 is 0 Å². The molecule has 0 spiro atoms. The summed E-state index contributed by atoms with van der Waals surface area (Å²) in [6.07, 6.45) is -0.829. The molecule has 1 N–H and O–H groups in total. The third-order valence-corrected chi connectivity index (χ3v) is 4.95. The molecule has 27 heavy (non-hydrogen) atoms. The minimum absolute atomic E-state index is 0.0460. The van der Waals surface area contributed by atoms with Crippen LogP contribution in [0.25, 0.3) is 0 Å². The van der Waals surface area contributed by atoms with E-state index in [-0.39, 0.29) is 19.1 Å². The Labute approximate surface area is 157 Å². The van der Waals surface area contributed by atoms with Crippen LogP contribution in [-0.4, -0.2) is 58.0 Å². The summed E-state index contributed by atoms with van der Waals surface area (Å²) >= 11 is 0. The Kier molecular flexibility index (Phi) is 4.75. The maximum absolute atomic E-state index is 11.8. The Balaban J connectivity index is 1.41. The second-order valence-corrected chi connectivity index (χ2v) is 7.19. The molecule has 1 amide bonds. The SMILES string of the molecule is CN(C)C(=O)C[C@H](O)c1cc2n(n1)CCN(Cc1ccc3c(c1)OCO3)C2. The van der Waals surface area contributed by atoms with Gasteiger partial charge in [0.15, 0.2) is 11.5 Å². The van der Waals surface area contributed by atoms with Crippen molar-refractivity contribution in [2.75, 3.05) is 27.4 Å². The van der Waals surface area contributed by atoms with Gasteiger partial charge >= 0.3 is 0 Å². The molecule has 8 nitrogen and oxygen atoms in total. The van der Waals surface area contributed by atoms with Crippen molar-refractivity contribution in [1.29, 1.82) is 0 Å². The van der Waals surface area contributed by atoms with Gasteiger partial charge in [0.1, 0.15) is 6.10 Å². The van der Waals surface area contributed by atoms with E-state index in [1.54, 1.807) is 14.1 Å². The molecule has 8 heteroatoms. The van der Waals surface area contributed by atoms with Gasteiger partial charge in [0, 0.05) is 33.7 Å². The molecule has 2 aromatic rings. The average molecular weight is 372 g/mol. The van der Waals surface area contributed by atoms with Gasteiger partial charge in [-0.2, -0.15) is 5.10 Å². The van der Waals surface area contributed by atoms with E-state index in [1.807, 2.05) is 22.9 Å². The van der Waals surface area contributed by atoms with Crippen molar-refractivity contribution in [3.05, 3.63) is 41.2 Å². The molecule has 0 aliphatic carbocycles. The van der Waals surface area contributed by atoms with Crippen LogP contribution in [0.3, 0.4) is 0 Å². The first-order valence-electron chi connectivity index (χ1n) is 9.05. The zero-order valence-corrected chi connectivity index (χ0v) is 15.6. The number of hydrogen-bond donors (Lipinski definition) is 1.